The predicted molar refractivity (Wildman–Crippen MR) is 96.7 cm³/mol. The summed E-state index contributed by atoms with van der Waals surface area (Å²) >= 11 is 0. The molecule has 5 heteroatoms. The normalized spacial score (nSPS) is 20.0. The number of hydrogen-bond donors (Lipinski definition) is 0. The number of carbonyl (C=O) groups is 1. The highest BCUT2D eigenvalue weighted by Crippen LogP contribution is 2.26. The zero-order valence-corrected chi connectivity index (χ0v) is 14.7. The summed E-state index contributed by atoms with van der Waals surface area (Å²) in [4.78, 5) is 26.8. The summed E-state index contributed by atoms with van der Waals surface area (Å²) < 4.78 is 7.31. The number of likely N-dealkylation sites (tertiary alicyclic amines) is 1. The van der Waals surface area contributed by atoms with Crippen LogP contribution in [0.25, 0.3) is 0 Å². The molecule has 25 heavy (non-hydrogen) atoms. The van der Waals surface area contributed by atoms with E-state index in [1.807, 2.05) is 30.0 Å². The summed E-state index contributed by atoms with van der Waals surface area (Å²) in [5, 5.41) is 0. The minimum absolute atomic E-state index is 0.0230. The molecule has 0 bridgehead atoms. The zero-order valence-electron chi connectivity index (χ0n) is 14.7. The molecular formula is C20H24N2O3. The third-order valence-corrected chi connectivity index (χ3v) is 4.82. The third-order valence-electron chi connectivity index (χ3n) is 4.82. The van der Waals surface area contributed by atoms with Gasteiger partial charge in [-0.05, 0) is 31.4 Å². The Labute approximate surface area is 147 Å². The van der Waals surface area contributed by atoms with Crippen LogP contribution in [0.2, 0.25) is 0 Å². The number of nitrogens with zero attached hydrogens (tertiary/aromatic N) is 2. The van der Waals surface area contributed by atoms with E-state index < -0.39 is 0 Å². The summed E-state index contributed by atoms with van der Waals surface area (Å²) in [6.45, 7) is 3.25. The van der Waals surface area contributed by atoms with Gasteiger partial charge in [-0.15, -0.1) is 0 Å². The van der Waals surface area contributed by atoms with Crippen LogP contribution in [0.4, 0.5) is 0 Å². The number of pyridine rings is 1. The molecule has 0 saturated carbocycles. The highest BCUT2D eigenvalue weighted by Gasteiger charge is 2.38. The molecule has 0 unspecified atom stereocenters. The van der Waals surface area contributed by atoms with E-state index in [2.05, 4.69) is 12.1 Å². The maximum absolute atomic E-state index is 13.1. The smallest absolute Gasteiger partial charge is 0.270 e. The van der Waals surface area contributed by atoms with Gasteiger partial charge in [0.15, 0.2) is 0 Å². The van der Waals surface area contributed by atoms with Crippen molar-refractivity contribution >= 4 is 5.91 Å². The maximum atomic E-state index is 13.1. The first-order valence-electron chi connectivity index (χ1n) is 8.74. The molecule has 2 atom stereocenters. The second-order valence-electron chi connectivity index (χ2n) is 6.35. The van der Waals surface area contributed by atoms with Gasteiger partial charge in [0, 0.05) is 26.3 Å². The highest BCUT2D eigenvalue weighted by atomic mass is 16.5. The average molecular weight is 340 g/mol. The van der Waals surface area contributed by atoms with Gasteiger partial charge in [0.1, 0.15) is 5.69 Å². The molecule has 2 heterocycles. The van der Waals surface area contributed by atoms with Crippen molar-refractivity contribution in [1.82, 2.24) is 9.47 Å². The van der Waals surface area contributed by atoms with Crippen molar-refractivity contribution in [3.8, 4) is 0 Å². The van der Waals surface area contributed by atoms with Crippen LogP contribution < -0.4 is 5.56 Å². The van der Waals surface area contributed by atoms with Gasteiger partial charge < -0.3 is 14.2 Å². The largest absolute Gasteiger partial charge is 0.376 e. The lowest BCUT2D eigenvalue weighted by molar-refractivity contribution is 0.0308. The van der Waals surface area contributed by atoms with E-state index in [-0.39, 0.29) is 23.6 Å². The van der Waals surface area contributed by atoms with Crippen molar-refractivity contribution in [1.29, 1.82) is 0 Å². The van der Waals surface area contributed by atoms with Crippen molar-refractivity contribution in [2.75, 3.05) is 13.2 Å². The van der Waals surface area contributed by atoms with Gasteiger partial charge in [-0.3, -0.25) is 9.59 Å². The quantitative estimate of drug-likeness (QED) is 0.839. The molecule has 1 saturated heterocycles. The lowest BCUT2D eigenvalue weighted by Gasteiger charge is -2.28. The molecule has 0 radical (unpaired) electrons. The van der Waals surface area contributed by atoms with Crippen LogP contribution in [-0.4, -0.2) is 40.7 Å². The molecule has 0 N–H and O–H groups in total. The van der Waals surface area contributed by atoms with Gasteiger partial charge in [-0.1, -0.05) is 36.4 Å². The first-order valence-corrected chi connectivity index (χ1v) is 8.74. The standard InChI is InChI=1S/C20H24N2O3/c1-3-25-18-12-13-22(17(18)14-15-8-5-4-6-9-15)20(24)16-10-7-11-19(23)21(16)2/h4-11,17-18H,3,12-14H2,1-2H3/t17-,18-/m0/s1. The van der Waals surface area contributed by atoms with Gasteiger partial charge >= 0.3 is 0 Å². The number of benzene rings is 1. The SMILES string of the molecule is CCO[C@H]1CCN(C(=O)c2cccc(=O)n2C)[C@H]1Cc1ccccc1. The monoisotopic (exact) mass is 340 g/mol. The summed E-state index contributed by atoms with van der Waals surface area (Å²) in [5.41, 5.74) is 1.42. The summed E-state index contributed by atoms with van der Waals surface area (Å²) in [5.74, 6) is -0.108. The van der Waals surface area contributed by atoms with Crippen LogP contribution in [0.15, 0.2) is 53.3 Å². The van der Waals surface area contributed by atoms with E-state index >= 15 is 0 Å². The fraction of sp³-hybridized carbons (Fsp3) is 0.400. The van der Waals surface area contributed by atoms with Crippen LogP contribution >= 0.6 is 0 Å². The first kappa shape index (κ1) is 17.4. The topological polar surface area (TPSA) is 51.5 Å². The fourth-order valence-corrected chi connectivity index (χ4v) is 3.51. The Balaban J connectivity index is 1.88. The van der Waals surface area contributed by atoms with Gasteiger partial charge in [-0.2, -0.15) is 0 Å². The Kier molecular flexibility index (Phi) is 5.34. The molecule has 1 amide bonds. The second-order valence-corrected chi connectivity index (χ2v) is 6.35. The fourth-order valence-electron chi connectivity index (χ4n) is 3.51. The molecule has 1 aliphatic rings. The number of ether oxygens (including phenoxy) is 1. The number of carbonyl (C=O) groups excluding carboxylic acids is 1. The summed E-state index contributed by atoms with van der Waals surface area (Å²) in [6, 6.07) is 14.9. The average Bonchev–Trinajstić information content (AvgIpc) is 3.01. The van der Waals surface area contributed by atoms with E-state index in [1.165, 1.54) is 16.2 Å². The lowest BCUT2D eigenvalue weighted by atomic mass is 10.0. The zero-order chi connectivity index (χ0) is 17.8. The molecule has 3 rings (SSSR count). The van der Waals surface area contributed by atoms with Crippen LogP contribution in [-0.2, 0) is 18.2 Å². The van der Waals surface area contributed by atoms with Crippen LogP contribution in [0.5, 0.6) is 0 Å². The minimum atomic E-state index is -0.175. The van der Waals surface area contributed by atoms with Crippen molar-refractivity contribution in [2.24, 2.45) is 7.05 Å². The number of aromatic nitrogens is 1. The maximum Gasteiger partial charge on any atom is 0.270 e. The van der Waals surface area contributed by atoms with Crippen molar-refractivity contribution in [3.05, 3.63) is 70.1 Å². The number of amides is 1. The molecule has 1 aromatic carbocycles. The Morgan fingerprint density at radius 3 is 2.64 bits per heavy atom. The Hall–Kier alpha value is -2.40. The highest BCUT2D eigenvalue weighted by molar-refractivity contribution is 5.93. The van der Waals surface area contributed by atoms with Crippen molar-refractivity contribution < 1.29 is 9.53 Å². The summed E-state index contributed by atoms with van der Waals surface area (Å²) in [7, 11) is 1.64. The number of rotatable bonds is 5. The molecule has 1 aromatic heterocycles. The molecule has 0 spiro atoms. The van der Waals surface area contributed by atoms with Crippen LogP contribution in [0.1, 0.15) is 29.4 Å². The van der Waals surface area contributed by atoms with Gasteiger partial charge in [-0.25, -0.2) is 0 Å². The van der Waals surface area contributed by atoms with E-state index in [1.54, 1.807) is 19.2 Å². The number of hydrogen-bond acceptors (Lipinski definition) is 3. The third kappa shape index (κ3) is 3.66. The van der Waals surface area contributed by atoms with Crippen molar-refractivity contribution in [3.63, 3.8) is 0 Å². The predicted octanol–water partition coefficient (Wildman–Crippen LogP) is 2.25. The molecule has 1 fully saturated rings. The van der Waals surface area contributed by atoms with Crippen LogP contribution in [0, 0.1) is 0 Å². The van der Waals surface area contributed by atoms with Crippen LogP contribution in [0.3, 0.4) is 0 Å². The Morgan fingerprint density at radius 2 is 1.92 bits per heavy atom. The van der Waals surface area contributed by atoms with Gasteiger partial charge in [0.2, 0.25) is 0 Å². The molecule has 5 nitrogen and oxygen atoms in total. The Bertz CT molecular complexity index is 785. The first-order chi connectivity index (χ1) is 12.1. The van der Waals surface area contributed by atoms with Gasteiger partial charge in [0.05, 0.1) is 12.1 Å². The van der Waals surface area contributed by atoms with Crippen molar-refractivity contribution in [2.45, 2.75) is 31.9 Å². The molecule has 0 aliphatic carbocycles. The Morgan fingerprint density at radius 1 is 1.16 bits per heavy atom. The summed E-state index contributed by atoms with van der Waals surface area (Å²) in [6.07, 6.45) is 1.59. The second kappa shape index (κ2) is 7.66. The minimum Gasteiger partial charge on any atom is -0.376 e. The van der Waals surface area contributed by atoms with Gasteiger partial charge in [0.25, 0.3) is 11.5 Å². The molecule has 1 aliphatic heterocycles. The van der Waals surface area contributed by atoms with E-state index in [9.17, 15) is 9.59 Å². The molecule has 132 valence electrons. The van der Waals surface area contributed by atoms with E-state index in [0.29, 0.717) is 18.8 Å². The van der Waals surface area contributed by atoms with E-state index in [4.69, 9.17) is 4.74 Å². The molecule has 2 aromatic rings. The van der Waals surface area contributed by atoms with E-state index in [0.717, 1.165) is 12.8 Å². The molecular weight excluding hydrogens is 316 g/mol. The lowest BCUT2D eigenvalue weighted by Crippen LogP contribution is -2.43.